The first-order valence-corrected chi connectivity index (χ1v) is 7.88. The van der Waals surface area contributed by atoms with Gasteiger partial charge in [-0.25, -0.2) is 0 Å². The molecule has 1 aliphatic rings. The van der Waals surface area contributed by atoms with Crippen molar-refractivity contribution >= 4 is 0 Å². The summed E-state index contributed by atoms with van der Waals surface area (Å²) in [4.78, 5) is 6.60. The van der Waals surface area contributed by atoms with Crippen LogP contribution in [-0.4, -0.2) is 32.3 Å². The molecule has 0 amide bonds. The largest absolute Gasteiger partial charge is 0.339 e. The van der Waals surface area contributed by atoms with Gasteiger partial charge in [0, 0.05) is 23.7 Å². The fourth-order valence-electron chi connectivity index (χ4n) is 2.62. The van der Waals surface area contributed by atoms with Crippen molar-refractivity contribution in [1.82, 2.24) is 25.2 Å². The molecule has 3 aromatic rings. The van der Waals surface area contributed by atoms with E-state index in [0.717, 1.165) is 35.2 Å². The number of aromatic nitrogens is 4. The molecule has 23 heavy (non-hydrogen) atoms. The zero-order valence-electron chi connectivity index (χ0n) is 13.1. The number of hydrogen-bond acceptors (Lipinski definition) is 5. The summed E-state index contributed by atoms with van der Waals surface area (Å²) in [7, 11) is 2.04. The second-order valence-corrected chi connectivity index (χ2v) is 6.14. The van der Waals surface area contributed by atoms with Crippen LogP contribution in [0.4, 0.5) is 0 Å². The van der Waals surface area contributed by atoms with E-state index in [1.807, 2.05) is 25.2 Å². The van der Waals surface area contributed by atoms with Gasteiger partial charge < -0.3 is 4.52 Å². The SMILES string of the molecule is CN(Cc1noc(C2CC2)n1)Cc1cc(-c2ccccc2)n[nH]1. The molecule has 0 spiro atoms. The predicted octanol–water partition coefficient (Wildman–Crippen LogP) is 2.97. The Bertz CT molecular complexity index is 775. The van der Waals surface area contributed by atoms with Gasteiger partial charge in [0.15, 0.2) is 5.82 Å². The van der Waals surface area contributed by atoms with Crippen molar-refractivity contribution in [2.45, 2.75) is 31.8 Å². The van der Waals surface area contributed by atoms with Crippen molar-refractivity contribution in [2.75, 3.05) is 7.05 Å². The number of nitrogens with zero attached hydrogens (tertiary/aromatic N) is 4. The van der Waals surface area contributed by atoms with E-state index < -0.39 is 0 Å². The summed E-state index contributed by atoms with van der Waals surface area (Å²) < 4.78 is 5.29. The fraction of sp³-hybridized carbons (Fsp3) is 0.353. The van der Waals surface area contributed by atoms with Crippen molar-refractivity contribution in [3.05, 3.63) is 53.8 Å². The first-order valence-electron chi connectivity index (χ1n) is 7.88. The van der Waals surface area contributed by atoms with Crippen LogP contribution in [0.5, 0.6) is 0 Å². The molecule has 4 rings (SSSR count). The van der Waals surface area contributed by atoms with E-state index in [4.69, 9.17) is 4.52 Å². The average molecular weight is 309 g/mol. The maximum atomic E-state index is 5.29. The molecule has 6 heteroatoms. The first kappa shape index (κ1) is 14.1. The van der Waals surface area contributed by atoms with Crippen LogP contribution in [0.3, 0.4) is 0 Å². The molecule has 6 nitrogen and oxygen atoms in total. The van der Waals surface area contributed by atoms with E-state index in [0.29, 0.717) is 12.5 Å². The quantitative estimate of drug-likeness (QED) is 0.758. The summed E-state index contributed by atoms with van der Waals surface area (Å²) in [5.74, 6) is 2.04. The minimum Gasteiger partial charge on any atom is -0.339 e. The minimum atomic E-state index is 0.502. The molecule has 0 aliphatic heterocycles. The Morgan fingerprint density at radius 2 is 2.04 bits per heavy atom. The van der Waals surface area contributed by atoms with Crippen molar-refractivity contribution < 1.29 is 4.52 Å². The summed E-state index contributed by atoms with van der Waals surface area (Å²) in [6.45, 7) is 1.42. The molecule has 1 N–H and O–H groups in total. The second-order valence-electron chi connectivity index (χ2n) is 6.14. The Hall–Kier alpha value is -2.47. The standard InChI is InChI=1S/C17H19N5O/c1-22(11-16-18-17(23-21-16)13-7-8-13)10-14-9-15(20-19-14)12-5-3-2-4-6-12/h2-6,9,13H,7-8,10-11H2,1H3,(H,19,20). The van der Waals surface area contributed by atoms with Gasteiger partial charge in [-0.1, -0.05) is 35.5 Å². The molecule has 2 aromatic heterocycles. The van der Waals surface area contributed by atoms with Crippen LogP contribution in [0.2, 0.25) is 0 Å². The minimum absolute atomic E-state index is 0.502. The zero-order chi connectivity index (χ0) is 15.6. The molecule has 0 radical (unpaired) electrons. The Kier molecular flexibility index (Phi) is 3.67. The van der Waals surface area contributed by atoms with Gasteiger partial charge in [-0.3, -0.25) is 10.00 Å². The summed E-state index contributed by atoms with van der Waals surface area (Å²) in [5.41, 5.74) is 3.15. The topological polar surface area (TPSA) is 70.8 Å². The molecular formula is C17H19N5O. The van der Waals surface area contributed by atoms with E-state index in [9.17, 15) is 0 Å². The van der Waals surface area contributed by atoms with Crippen LogP contribution in [0.25, 0.3) is 11.3 Å². The van der Waals surface area contributed by atoms with Crippen LogP contribution in [-0.2, 0) is 13.1 Å². The third kappa shape index (κ3) is 3.32. The third-order valence-corrected chi connectivity index (χ3v) is 3.96. The Morgan fingerprint density at radius 3 is 2.83 bits per heavy atom. The summed E-state index contributed by atoms with van der Waals surface area (Å²) in [5, 5.41) is 11.5. The monoisotopic (exact) mass is 309 g/mol. The number of rotatable bonds is 6. The van der Waals surface area contributed by atoms with Crippen LogP contribution in [0.1, 0.15) is 36.2 Å². The number of hydrogen-bond donors (Lipinski definition) is 1. The van der Waals surface area contributed by atoms with Gasteiger partial charge in [0.1, 0.15) is 0 Å². The lowest BCUT2D eigenvalue weighted by Crippen LogP contribution is -2.18. The normalized spacial score (nSPS) is 14.5. The molecule has 1 saturated carbocycles. The first-order chi connectivity index (χ1) is 11.3. The van der Waals surface area contributed by atoms with Crippen molar-refractivity contribution in [3.63, 3.8) is 0 Å². The molecule has 0 bridgehead atoms. The van der Waals surface area contributed by atoms with Crippen molar-refractivity contribution in [3.8, 4) is 11.3 Å². The zero-order valence-corrected chi connectivity index (χ0v) is 13.1. The number of nitrogens with one attached hydrogen (secondary N) is 1. The van der Waals surface area contributed by atoms with E-state index in [2.05, 4.69) is 43.4 Å². The lowest BCUT2D eigenvalue weighted by Gasteiger charge is -2.12. The van der Waals surface area contributed by atoms with Crippen LogP contribution in [0.15, 0.2) is 40.9 Å². The van der Waals surface area contributed by atoms with Gasteiger partial charge in [0.2, 0.25) is 5.89 Å². The second kappa shape index (κ2) is 5.96. The van der Waals surface area contributed by atoms with E-state index in [1.54, 1.807) is 0 Å². The maximum Gasteiger partial charge on any atom is 0.229 e. The van der Waals surface area contributed by atoms with Gasteiger partial charge >= 0.3 is 0 Å². The highest BCUT2D eigenvalue weighted by molar-refractivity contribution is 5.58. The van der Waals surface area contributed by atoms with Gasteiger partial charge in [-0.05, 0) is 26.0 Å². The number of H-pyrrole nitrogens is 1. The molecule has 0 saturated heterocycles. The lowest BCUT2D eigenvalue weighted by atomic mass is 10.1. The highest BCUT2D eigenvalue weighted by Gasteiger charge is 2.29. The van der Waals surface area contributed by atoms with Gasteiger partial charge in [-0.2, -0.15) is 10.1 Å². The Morgan fingerprint density at radius 1 is 1.22 bits per heavy atom. The van der Waals surface area contributed by atoms with Gasteiger partial charge in [-0.15, -0.1) is 0 Å². The molecule has 0 unspecified atom stereocenters. The van der Waals surface area contributed by atoms with Crippen molar-refractivity contribution in [1.29, 1.82) is 0 Å². The van der Waals surface area contributed by atoms with Gasteiger partial charge in [0.05, 0.1) is 12.2 Å². The predicted molar refractivity (Wildman–Crippen MR) is 85.5 cm³/mol. The van der Waals surface area contributed by atoms with E-state index >= 15 is 0 Å². The molecule has 1 fully saturated rings. The van der Waals surface area contributed by atoms with Crippen LogP contribution < -0.4 is 0 Å². The number of aromatic amines is 1. The summed E-state index contributed by atoms with van der Waals surface area (Å²) in [6.07, 6.45) is 2.35. The van der Waals surface area contributed by atoms with Gasteiger partial charge in [0.25, 0.3) is 0 Å². The molecule has 118 valence electrons. The molecule has 2 heterocycles. The average Bonchev–Trinajstić information content (AvgIpc) is 3.14. The molecule has 1 aliphatic carbocycles. The Balaban J connectivity index is 1.38. The highest BCUT2D eigenvalue weighted by Crippen LogP contribution is 2.38. The summed E-state index contributed by atoms with van der Waals surface area (Å²) in [6, 6.07) is 12.2. The van der Waals surface area contributed by atoms with Crippen LogP contribution >= 0.6 is 0 Å². The maximum absolute atomic E-state index is 5.29. The highest BCUT2D eigenvalue weighted by atomic mass is 16.5. The fourth-order valence-corrected chi connectivity index (χ4v) is 2.62. The van der Waals surface area contributed by atoms with E-state index in [-0.39, 0.29) is 0 Å². The van der Waals surface area contributed by atoms with Crippen molar-refractivity contribution in [2.24, 2.45) is 0 Å². The molecule has 1 aromatic carbocycles. The van der Waals surface area contributed by atoms with E-state index in [1.165, 1.54) is 12.8 Å². The number of benzene rings is 1. The molecular weight excluding hydrogens is 290 g/mol. The third-order valence-electron chi connectivity index (χ3n) is 3.96. The summed E-state index contributed by atoms with van der Waals surface area (Å²) >= 11 is 0. The smallest absolute Gasteiger partial charge is 0.229 e. The Labute approximate surface area is 134 Å². The molecule has 0 atom stereocenters. The van der Waals surface area contributed by atoms with Crippen LogP contribution in [0, 0.1) is 0 Å². The lowest BCUT2D eigenvalue weighted by molar-refractivity contribution is 0.296.